The van der Waals surface area contributed by atoms with Crippen LogP contribution in [-0.2, 0) is 11.3 Å². The molecule has 1 amide bonds. The molecule has 0 aliphatic heterocycles. The minimum atomic E-state index is -0.155. The molecule has 0 radical (unpaired) electrons. The number of primary amides is 1. The van der Waals surface area contributed by atoms with Gasteiger partial charge >= 0.3 is 0 Å². The molecule has 0 aromatic carbocycles. The van der Waals surface area contributed by atoms with Crippen LogP contribution in [0.4, 0.5) is 0 Å². The van der Waals surface area contributed by atoms with Gasteiger partial charge in [-0.05, 0) is 25.7 Å². The molecule has 3 N–H and O–H groups in total. The Hall–Kier alpha value is -1.49. The van der Waals surface area contributed by atoms with Gasteiger partial charge in [0.15, 0.2) is 0 Å². The lowest BCUT2D eigenvalue weighted by Gasteiger charge is -2.27. The highest BCUT2D eigenvalue weighted by atomic mass is 16.1. The van der Waals surface area contributed by atoms with Gasteiger partial charge < -0.3 is 11.1 Å². The van der Waals surface area contributed by atoms with Crippen molar-refractivity contribution in [2.24, 2.45) is 11.7 Å². The summed E-state index contributed by atoms with van der Waals surface area (Å²) in [6.07, 6.45) is 8.94. The van der Waals surface area contributed by atoms with Crippen molar-refractivity contribution in [3.63, 3.8) is 0 Å². The highest BCUT2D eigenvalue weighted by molar-refractivity contribution is 5.76. The fourth-order valence-corrected chi connectivity index (χ4v) is 2.25. The topological polar surface area (TPSA) is 80.9 Å². The van der Waals surface area contributed by atoms with Gasteiger partial charge in [0.2, 0.25) is 5.91 Å². The van der Waals surface area contributed by atoms with E-state index in [1.165, 1.54) is 0 Å². The predicted molar refractivity (Wildman–Crippen MR) is 63.8 cm³/mol. The molecule has 0 atom stereocenters. The second-order valence-electron chi connectivity index (χ2n) is 4.53. The molecule has 5 heteroatoms. The molecule has 1 aromatic heterocycles. The molecule has 1 heterocycles. The van der Waals surface area contributed by atoms with E-state index in [1.54, 1.807) is 18.6 Å². The summed E-state index contributed by atoms with van der Waals surface area (Å²) < 4.78 is 0. The molecule has 5 nitrogen and oxygen atoms in total. The van der Waals surface area contributed by atoms with Gasteiger partial charge in [-0.25, -0.2) is 0 Å². The molecule has 1 saturated carbocycles. The van der Waals surface area contributed by atoms with Crippen molar-refractivity contribution in [2.75, 3.05) is 0 Å². The van der Waals surface area contributed by atoms with E-state index in [9.17, 15) is 4.79 Å². The Morgan fingerprint density at radius 3 is 2.71 bits per heavy atom. The van der Waals surface area contributed by atoms with Crippen LogP contribution < -0.4 is 11.1 Å². The summed E-state index contributed by atoms with van der Waals surface area (Å²) in [5, 5.41) is 3.44. The van der Waals surface area contributed by atoms with Crippen LogP contribution in [0.15, 0.2) is 18.6 Å². The van der Waals surface area contributed by atoms with Crippen LogP contribution in [0.3, 0.4) is 0 Å². The van der Waals surface area contributed by atoms with E-state index >= 15 is 0 Å². The Morgan fingerprint density at radius 2 is 2.12 bits per heavy atom. The predicted octanol–water partition coefficient (Wildman–Crippen LogP) is 0.610. The molecule has 0 spiro atoms. The van der Waals surface area contributed by atoms with Crippen molar-refractivity contribution in [3.05, 3.63) is 24.3 Å². The van der Waals surface area contributed by atoms with Crippen molar-refractivity contribution in [3.8, 4) is 0 Å². The molecular weight excluding hydrogens is 216 g/mol. The minimum absolute atomic E-state index is 0.0737. The first-order valence-electron chi connectivity index (χ1n) is 6.03. The zero-order valence-electron chi connectivity index (χ0n) is 9.80. The van der Waals surface area contributed by atoms with Gasteiger partial charge in [-0.15, -0.1) is 0 Å². The van der Waals surface area contributed by atoms with E-state index in [-0.39, 0.29) is 11.8 Å². The van der Waals surface area contributed by atoms with Crippen LogP contribution in [0.1, 0.15) is 31.4 Å². The number of aromatic nitrogens is 2. The number of nitrogens with one attached hydrogen (secondary N) is 1. The van der Waals surface area contributed by atoms with Gasteiger partial charge in [0, 0.05) is 37.1 Å². The number of carbonyl (C=O) groups excluding carboxylic acids is 1. The quantitative estimate of drug-likeness (QED) is 0.799. The van der Waals surface area contributed by atoms with E-state index in [2.05, 4.69) is 15.3 Å². The number of rotatable bonds is 4. The molecule has 0 unspecified atom stereocenters. The van der Waals surface area contributed by atoms with Gasteiger partial charge in [-0.2, -0.15) is 0 Å². The Balaban J connectivity index is 1.74. The van der Waals surface area contributed by atoms with Gasteiger partial charge in [0.1, 0.15) is 0 Å². The van der Waals surface area contributed by atoms with Crippen molar-refractivity contribution in [1.29, 1.82) is 0 Å². The molecule has 1 aromatic rings. The fourth-order valence-electron chi connectivity index (χ4n) is 2.25. The van der Waals surface area contributed by atoms with E-state index < -0.39 is 0 Å². The van der Waals surface area contributed by atoms with Crippen molar-refractivity contribution < 1.29 is 4.79 Å². The zero-order chi connectivity index (χ0) is 12.1. The Morgan fingerprint density at radius 1 is 1.35 bits per heavy atom. The molecule has 0 saturated heterocycles. The number of nitrogens with zero attached hydrogens (tertiary/aromatic N) is 2. The van der Waals surface area contributed by atoms with Gasteiger partial charge in [0.05, 0.1) is 5.69 Å². The number of amides is 1. The molecule has 1 aliphatic rings. The lowest BCUT2D eigenvalue weighted by molar-refractivity contribution is -0.122. The average Bonchev–Trinajstić information content (AvgIpc) is 2.38. The molecule has 2 rings (SSSR count). The summed E-state index contributed by atoms with van der Waals surface area (Å²) in [4.78, 5) is 19.3. The Labute approximate surface area is 101 Å². The molecule has 17 heavy (non-hydrogen) atoms. The maximum absolute atomic E-state index is 11.0. The molecule has 1 aliphatic carbocycles. The number of hydrogen-bond donors (Lipinski definition) is 2. The lowest BCUT2D eigenvalue weighted by atomic mass is 9.85. The van der Waals surface area contributed by atoms with E-state index in [4.69, 9.17) is 5.73 Å². The maximum Gasteiger partial charge on any atom is 0.220 e. The van der Waals surface area contributed by atoms with Gasteiger partial charge in [-0.3, -0.25) is 14.8 Å². The SMILES string of the molecule is NC(=O)C1CCC(NCc2cnccn2)CC1. The molecule has 92 valence electrons. The van der Waals surface area contributed by atoms with Gasteiger partial charge in [0.25, 0.3) is 0 Å². The summed E-state index contributed by atoms with van der Waals surface area (Å²) >= 11 is 0. The molecular formula is C12H18N4O. The summed E-state index contributed by atoms with van der Waals surface area (Å²) in [6.45, 7) is 0.736. The Kier molecular flexibility index (Phi) is 4.03. The van der Waals surface area contributed by atoms with Crippen LogP contribution in [0.2, 0.25) is 0 Å². The lowest BCUT2D eigenvalue weighted by Crippen LogP contribution is -2.36. The first-order chi connectivity index (χ1) is 8.25. The van der Waals surface area contributed by atoms with Crippen LogP contribution in [0, 0.1) is 5.92 Å². The third kappa shape index (κ3) is 3.49. The van der Waals surface area contributed by atoms with Crippen LogP contribution >= 0.6 is 0 Å². The number of hydrogen-bond acceptors (Lipinski definition) is 4. The first kappa shape index (κ1) is 12.0. The van der Waals surface area contributed by atoms with Crippen molar-refractivity contribution in [1.82, 2.24) is 15.3 Å². The number of carbonyl (C=O) groups is 1. The summed E-state index contributed by atoms with van der Waals surface area (Å²) in [7, 11) is 0. The summed E-state index contributed by atoms with van der Waals surface area (Å²) in [5.41, 5.74) is 6.25. The van der Waals surface area contributed by atoms with E-state index in [1.807, 2.05) is 0 Å². The standard InChI is InChI=1S/C12H18N4O/c13-12(17)9-1-3-10(4-2-9)16-8-11-7-14-5-6-15-11/h5-7,9-10,16H,1-4,8H2,(H2,13,17). The van der Waals surface area contributed by atoms with Crippen LogP contribution in [0.25, 0.3) is 0 Å². The van der Waals surface area contributed by atoms with Gasteiger partial charge in [-0.1, -0.05) is 0 Å². The highest BCUT2D eigenvalue weighted by Crippen LogP contribution is 2.23. The van der Waals surface area contributed by atoms with Crippen molar-refractivity contribution in [2.45, 2.75) is 38.3 Å². The largest absolute Gasteiger partial charge is 0.369 e. The average molecular weight is 234 g/mol. The van der Waals surface area contributed by atoms with E-state index in [0.29, 0.717) is 6.04 Å². The van der Waals surface area contributed by atoms with Crippen LogP contribution in [0.5, 0.6) is 0 Å². The monoisotopic (exact) mass is 234 g/mol. The number of nitrogens with two attached hydrogens (primary N) is 1. The second kappa shape index (κ2) is 5.72. The van der Waals surface area contributed by atoms with Crippen LogP contribution in [-0.4, -0.2) is 21.9 Å². The molecule has 0 bridgehead atoms. The summed E-state index contributed by atoms with van der Waals surface area (Å²) in [5.74, 6) is -0.0815. The first-order valence-corrected chi connectivity index (χ1v) is 6.03. The minimum Gasteiger partial charge on any atom is -0.369 e. The molecule has 1 fully saturated rings. The van der Waals surface area contributed by atoms with Crippen molar-refractivity contribution >= 4 is 5.91 Å². The Bertz CT molecular complexity index is 360. The highest BCUT2D eigenvalue weighted by Gasteiger charge is 2.24. The zero-order valence-corrected chi connectivity index (χ0v) is 9.80. The van der Waals surface area contributed by atoms with E-state index in [0.717, 1.165) is 37.9 Å². The third-order valence-electron chi connectivity index (χ3n) is 3.32. The fraction of sp³-hybridized carbons (Fsp3) is 0.583. The smallest absolute Gasteiger partial charge is 0.220 e. The second-order valence-corrected chi connectivity index (χ2v) is 4.53. The summed E-state index contributed by atoms with van der Waals surface area (Å²) in [6, 6.07) is 0.465. The normalized spacial score (nSPS) is 24.5. The maximum atomic E-state index is 11.0. The third-order valence-corrected chi connectivity index (χ3v) is 3.32.